The van der Waals surface area contributed by atoms with Gasteiger partial charge in [-0.05, 0) is 57.4 Å². The smallest absolute Gasteiger partial charge is 0.243 e. The summed E-state index contributed by atoms with van der Waals surface area (Å²) in [5.41, 5.74) is 1.48. The van der Waals surface area contributed by atoms with Crippen LogP contribution >= 0.6 is 0 Å². The summed E-state index contributed by atoms with van der Waals surface area (Å²) >= 11 is 0. The van der Waals surface area contributed by atoms with Crippen LogP contribution in [0, 0.1) is 6.92 Å². The molecule has 3 rings (SSSR count). The van der Waals surface area contributed by atoms with Crippen molar-refractivity contribution in [2.75, 3.05) is 13.7 Å². The van der Waals surface area contributed by atoms with Crippen molar-refractivity contribution in [2.45, 2.75) is 76.8 Å². The van der Waals surface area contributed by atoms with Crippen LogP contribution < -0.4 is 20.7 Å². The molecule has 1 heterocycles. The number of carbonyl (C=O) groups is 4. The van der Waals surface area contributed by atoms with Crippen LogP contribution in [0.4, 0.5) is 0 Å². The highest BCUT2D eigenvalue weighted by Crippen LogP contribution is 2.17. The monoisotopic (exact) mass is 553 g/mol. The van der Waals surface area contributed by atoms with Crippen LogP contribution in [-0.2, 0) is 36.8 Å². The number of carbonyl (C=O) groups excluding carboxylic acids is 4. The van der Waals surface area contributed by atoms with Crippen molar-refractivity contribution in [3.8, 4) is 5.75 Å². The molecule has 0 saturated carbocycles. The highest BCUT2D eigenvalue weighted by molar-refractivity contribution is 5.96. The zero-order valence-electron chi connectivity index (χ0n) is 23.7. The third-order valence-corrected chi connectivity index (χ3v) is 6.47. The molecular formula is C30H39N3O7. The second kappa shape index (κ2) is 13.5. The third-order valence-electron chi connectivity index (χ3n) is 6.47. The number of ketones is 1. The van der Waals surface area contributed by atoms with E-state index in [4.69, 9.17) is 9.47 Å². The first kappa shape index (κ1) is 30.8. The van der Waals surface area contributed by atoms with E-state index in [1.807, 2.05) is 31.2 Å². The van der Waals surface area contributed by atoms with Crippen LogP contribution in [0.25, 0.3) is 0 Å². The zero-order chi connectivity index (χ0) is 29.4. The first-order valence-corrected chi connectivity index (χ1v) is 13.3. The van der Waals surface area contributed by atoms with Crippen LogP contribution in [-0.4, -0.2) is 72.2 Å². The average molecular weight is 554 g/mol. The van der Waals surface area contributed by atoms with E-state index in [0.29, 0.717) is 12.4 Å². The van der Waals surface area contributed by atoms with Crippen molar-refractivity contribution >= 4 is 23.5 Å². The van der Waals surface area contributed by atoms with Gasteiger partial charge in [0.25, 0.3) is 0 Å². The topological polar surface area (TPSA) is 146 Å². The summed E-state index contributed by atoms with van der Waals surface area (Å²) in [7, 11) is 1.55. The van der Waals surface area contributed by atoms with E-state index in [1.54, 1.807) is 31.4 Å². The highest BCUT2D eigenvalue weighted by Gasteiger charge is 2.38. The van der Waals surface area contributed by atoms with Gasteiger partial charge in [-0.15, -0.1) is 0 Å². The number of nitrogens with one attached hydrogen (secondary N) is 3. The Bertz CT molecular complexity index is 1190. The minimum absolute atomic E-state index is 0.136. The molecule has 10 nitrogen and oxygen atoms in total. The number of Topliss-reactive ketones (excluding diaryl/α,β-unsaturated/α-hetero) is 1. The Morgan fingerprint density at radius 1 is 0.925 bits per heavy atom. The third kappa shape index (κ3) is 9.77. The van der Waals surface area contributed by atoms with E-state index in [1.165, 1.54) is 20.8 Å². The average Bonchev–Trinajstić information content (AvgIpc) is 3.73. The molecule has 1 saturated heterocycles. The van der Waals surface area contributed by atoms with E-state index < -0.39 is 47.6 Å². The maximum Gasteiger partial charge on any atom is 0.243 e. The first-order chi connectivity index (χ1) is 18.8. The number of ether oxygens (including phenoxy) is 2. The van der Waals surface area contributed by atoms with Gasteiger partial charge in [0, 0.05) is 6.42 Å². The summed E-state index contributed by atoms with van der Waals surface area (Å²) in [5.74, 6) is -1.20. The van der Waals surface area contributed by atoms with Crippen LogP contribution in [0.2, 0.25) is 0 Å². The number of methoxy groups -OCH3 is 1. The molecule has 3 amide bonds. The number of aliphatic hydroxyl groups is 1. The van der Waals surface area contributed by atoms with Gasteiger partial charge in [0.1, 0.15) is 23.9 Å². The molecule has 2 aromatic rings. The van der Waals surface area contributed by atoms with Crippen molar-refractivity contribution in [2.24, 2.45) is 0 Å². The minimum Gasteiger partial charge on any atom is -0.497 e. The molecule has 0 spiro atoms. The van der Waals surface area contributed by atoms with Crippen LogP contribution in [0.1, 0.15) is 43.9 Å². The summed E-state index contributed by atoms with van der Waals surface area (Å²) in [6, 6.07) is 11.9. The Kier molecular flexibility index (Phi) is 10.4. The number of hydrogen-bond donors (Lipinski definition) is 4. The first-order valence-electron chi connectivity index (χ1n) is 13.3. The van der Waals surface area contributed by atoms with E-state index >= 15 is 0 Å². The number of amides is 3. The molecule has 0 aromatic heterocycles. The molecule has 1 aliphatic rings. The lowest BCUT2D eigenvalue weighted by atomic mass is 9.98. The van der Waals surface area contributed by atoms with Crippen LogP contribution in [0.15, 0.2) is 48.5 Å². The predicted molar refractivity (Wildman–Crippen MR) is 149 cm³/mol. The quantitative estimate of drug-likeness (QED) is 0.259. The fourth-order valence-electron chi connectivity index (χ4n) is 4.15. The van der Waals surface area contributed by atoms with Gasteiger partial charge in [-0.3, -0.25) is 19.2 Å². The van der Waals surface area contributed by atoms with E-state index in [0.717, 1.165) is 16.7 Å². The summed E-state index contributed by atoms with van der Waals surface area (Å²) < 4.78 is 10.4. The Morgan fingerprint density at radius 3 is 1.98 bits per heavy atom. The molecule has 216 valence electrons. The number of benzene rings is 2. The number of rotatable bonds is 14. The van der Waals surface area contributed by atoms with Gasteiger partial charge in [-0.1, -0.05) is 42.0 Å². The Morgan fingerprint density at radius 2 is 1.45 bits per heavy atom. The van der Waals surface area contributed by atoms with Gasteiger partial charge in [-0.25, -0.2) is 0 Å². The van der Waals surface area contributed by atoms with Gasteiger partial charge < -0.3 is 30.5 Å². The van der Waals surface area contributed by atoms with Crippen molar-refractivity contribution in [1.29, 1.82) is 0 Å². The predicted octanol–water partition coefficient (Wildman–Crippen LogP) is 1.39. The van der Waals surface area contributed by atoms with Crippen molar-refractivity contribution < 1.29 is 33.8 Å². The van der Waals surface area contributed by atoms with E-state index in [9.17, 15) is 24.3 Å². The zero-order valence-corrected chi connectivity index (χ0v) is 23.7. The lowest BCUT2D eigenvalue weighted by Gasteiger charge is -2.25. The standard InChI is InChI=1S/C30H39N3O7/c1-18-6-8-20(9-7-18)14-23(27(35)25-17-40-25)32-29(37)24(15-21-10-12-22(39-5)13-11-21)33-28(36)19(2)31-26(34)16-30(3,4)38/h6-13,19,23-25,38H,14-17H2,1-5H3,(H,31,34)(H,32,37)(H,33,36)/t19-,23+,24+,25-/m1/s1. The lowest BCUT2D eigenvalue weighted by Crippen LogP contribution is -2.56. The Labute approximate surface area is 234 Å². The summed E-state index contributed by atoms with van der Waals surface area (Å²) in [5, 5.41) is 18.0. The summed E-state index contributed by atoms with van der Waals surface area (Å²) in [4.78, 5) is 51.9. The molecule has 0 bridgehead atoms. The highest BCUT2D eigenvalue weighted by atomic mass is 16.6. The largest absolute Gasteiger partial charge is 0.497 e. The molecular weight excluding hydrogens is 514 g/mol. The molecule has 40 heavy (non-hydrogen) atoms. The summed E-state index contributed by atoms with van der Waals surface area (Å²) in [6.07, 6.45) is -0.336. The fourth-order valence-corrected chi connectivity index (χ4v) is 4.15. The molecule has 2 aromatic carbocycles. The van der Waals surface area contributed by atoms with Gasteiger partial charge in [0.2, 0.25) is 17.7 Å². The second-order valence-corrected chi connectivity index (χ2v) is 10.9. The molecule has 4 N–H and O–H groups in total. The number of aryl methyl sites for hydroxylation is 1. The Balaban J connectivity index is 1.77. The van der Waals surface area contributed by atoms with Gasteiger partial charge >= 0.3 is 0 Å². The fraction of sp³-hybridized carbons (Fsp3) is 0.467. The summed E-state index contributed by atoms with van der Waals surface area (Å²) in [6.45, 7) is 6.76. The maximum absolute atomic E-state index is 13.6. The Hall–Kier alpha value is -3.76. The molecule has 1 fully saturated rings. The van der Waals surface area contributed by atoms with Crippen molar-refractivity contribution in [3.63, 3.8) is 0 Å². The SMILES string of the molecule is COc1ccc(C[C@H](NC(=O)[C@@H](C)NC(=O)CC(C)(C)O)C(=O)N[C@@H](Cc2ccc(C)cc2)C(=O)[C@H]2CO2)cc1. The van der Waals surface area contributed by atoms with Gasteiger partial charge in [-0.2, -0.15) is 0 Å². The maximum atomic E-state index is 13.6. The molecule has 1 aliphatic heterocycles. The van der Waals surface area contributed by atoms with Crippen LogP contribution in [0.5, 0.6) is 5.75 Å². The van der Waals surface area contributed by atoms with E-state index in [-0.39, 0.29) is 25.0 Å². The lowest BCUT2D eigenvalue weighted by molar-refractivity contribution is -0.134. The van der Waals surface area contributed by atoms with Gasteiger partial charge in [0.05, 0.1) is 31.8 Å². The molecule has 10 heteroatoms. The molecule has 0 unspecified atom stereocenters. The molecule has 0 aliphatic carbocycles. The molecule has 4 atom stereocenters. The number of epoxide rings is 1. The second-order valence-electron chi connectivity index (χ2n) is 10.9. The van der Waals surface area contributed by atoms with Crippen molar-refractivity contribution in [3.05, 3.63) is 65.2 Å². The van der Waals surface area contributed by atoms with E-state index in [2.05, 4.69) is 16.0 Å². The minimum atomic E-state index is -1.23. The number of hydrogen-bond acceptors (Lipinski definition) is 7. The van der Waals surface area contributed by atoms with Gasteiger partial charge in [0.15, 0.2) is 5.78 Å². The molecule has 0 radical (unpaired) electrons. The van der Waals surface area contributed by atoms with Crippen molar-refractivity contribution in [1.82, 2.24) is 16.0 Å². The normalized spacial score (nSPS) is 16.7. The van der Waals surface area contributed by atoms with Crippen LogP contribution in [0.3, 0.4) is 0 Å².